The quantitative estimate of drug-likeness (QED) is 0.575. The van der Waals surface area contributed by atoms with Crippen molar-refractivity contribution in [3.8, 4) is 11.1 Å². The second-order valence-electron chi connectivity index (χ2n) is 6.61. The van der Waals surface area contributed by atoms with Crippen LogP contribution in [0.15, 0.2) is 35.3 Å². The van der Waals surface area contributed by atoms with Crippen molar-refractivity contribution in [1.82, 2.24) is 14.5 Å². The zero-order valence-corrected chi connectivity index (χ0v) is 16.8. The first-order valence-corrected chi connectivity index (χ1v) is 9.30. The lowest BCUT2D eigenvalue weighted by Crippen LogP contribution is -2.30. The Morgan fingerprint density at radius 2 is 1.97 bits per heavy atom. The number of aromatic nitrogens is 3. The molecule has 0 unspecified atom stereocenters. The first-order valence-electron chi connectivity index (χ1n) is 8.93. The van der Waals surface area contributed by atoms with Gasteiger partial charge in [0.15, 0.2) is 5.65 Å². The smallest absolute Gasteiger partial charge is 0.383 e. The molecule has 154 valence electrons. The molecule has 0 N–H and O–H groups in total. The molecule has 3 aromatic rings. The molecule has 1 atom stereocenters. The molecule has 0 radical (unpaired) electrons. The van der Waals surface area contributed by atoms with Gasteiger partial charge in [0.2, 0.25) is 0 Å². The van der Waals surface area contributed by atoms with Crippen LogP contribution < -0.4 is 5.56 Å². The molecule has 1 aromatic carbocycles. The molecule has 0 amide bonds. The van der Waals surface area contributed by atoms with Crippen molar-refractivity contribution in [2.75, 3.05) is 13.7 Å². The monoisotopic (exact) mass is 425 g/mol. The number of pyridine rings is 1. The SMILES string of the molecule is CC[C@@H](COC)n1c(=O)c(C)nc2c(-c3ccc(C(F)(F)F)cc3Cl)ccnc21. The molecule has 5 nitrogen and oxygen atoms in total. The van der Waals surface area contributed by atoms with E-state index in [1.165, 1.54) is 16.8 Å². The van der Waals surface area contributed by atoms with Crippen molar-refractivity contribution in [3.05, 3.63) is 57.1 Å². The van der Waals surface area contributed by atoms with E-state index in [4.69, 9.17) is 16.3 Å². The average Bonchev–Trinajstić information content (AvgIpc) is 2.67. The van der Waals surface area contributed by atoms with Gasteiger partial charge in [0.25, 0.3) is 5.56 Å². The standard InChI is InChI=1S/C20H19ClF3N3O2/c1-4-13(10-29-3)27-18-17(26-11(2)19(27)28)15(7-8-25-18)14-6-5-12(9-16(14)21)20(22,23)24/h5-9,13H,4,10H2,1-3H3/t13-/m0/s1. The summed E-state index contributed by atoms with van der Waals surface area (Å²) in [6, 6.07) is 4.51. The van der Waals surface area contributed by atoms with Gasteiger partial charge in [-0.3, -0.25) is 9.36 Å². The second kappa shape index (κ2) is 8.12. The highest BCUT2D eigenvalue weighted by molar-refractivity contribution is 6.33. The number of hydrogen-bond acceptors (Lipinski definition) is 4. The van der Waals surface area contributed by atoms with Crippen LogP contribution in [-0.2, 0) is 10.9 Å². The van der Waals surface area contributed by atoms with E-state index in [9.17, 15) is 18.0 Å². The van der Waals surface area contributed by atoms with Gasteiger partial charge < -0.3 is 4.74 Å². The highest BCUT2D eigenvalue weighted by Crippen LogP contribution is 2.37. The molecule has 0 aliphatic heterocycles. The maximum absolute atomic E-state index is 13.0. The van der Waals surface area contributed by atoms with Gasteiger partial charge in [0, 0.05) is 29.5 Å². The molecule has 2 aromatic heterocycles. The minimum absolute atomic E-state index is 0.0616. The molecule has 0 fully saturated rings. The first kappa shape index (κ1) is 21.3. The summed E-state index contributed by atoms with van der Waals surface area (Å²) >= 11 is 6.18. The second-order valence-corrected chi connectivity index (χ2v) is 7.02. The van der Waals surface area contributed by atoms with Crippen LogP contribution in [0.1, 0.15) is 30.6 Å². The van der Waals surface area contributed by atoms with Gasteiger partial charge in [0.1, 0.15) is 11.2 Å². The van der Waals surface area contributed by atoms with Crippen LogP contribution in [0.3, 0.4) is 0 Å². The summed E-state index contributed by atoms with van der Waals surface area (Å²) in [5.74, 6) is 0. The predicted molar refractivity (Wildman–Crippen MR) is 105 cm³/mol. The maximum atomic E-state index is 13.0. The number of rotatable bonds is 5. The Morgan fingerprint density at radius 3 is 2.55 bits per heavy atom. The molecule has 0 saturated carbocycles. The van der Waals surface area contributed by atoms with E-state index in [1.807, 2.05) is 6.92 Å². The zero-order chi connectivity index (χ0) is 21.3. The number of benzene rings is 1. The van der Waals surface area contributed by atoms with E-state index < -0.39 is 11.7 Å². The van der Waals surface area contributed by atoms with E-state index >= 15 is 0 Å². The fourth-order valence-electron chi connectivity index (χ4n) is 3.25. The third-order valence-corrected chi connectivity index (χ3v) is 5.04. The van der Waals surface area contributed by atoms with Crippen LogP contribution in [0.4, 0.5) is 13.2 Å². The summed E-state index contributed by atoms with van der Waals surface area (Å²) in [6.45, 7) is 3.82. The number of alkyl halides is 3. The molecule has 0 bridgehead atoms. The van der Waals surface area contributed by atoms with Crippen molar-refractivity contribution in [1.29, 1.82) is 0 Å². The van der Waals surface area contributed by atoms with E-state index in [0.29, 0.717) is 35.3 Å². The first-order chi connectivity index (χ1) is 13.7. The topological polar surface area (TPSA) is 57.0 Å². The largest absolute Gasteiger partial charge is 0.416 e. The van der Waals surface area contributed by atoms with Crippen molar-refractivity contribution >= 4 is 22.8 Å². The lowest BCUT2D eigenvalue weighted by atomic mass is 10.0. The summed E-state index contributed by atoms with van der Waals surface area (Å²) in [5.41, 5.74) is 0.728. The lowest BCUT2D eigenvalue weighted by molar-refractivity contribution is -0.137. The van der Waals surface area contributed by atoms with Gasteiger partial charge in [0.05, 0.1) is 18.2 Å². The molecule has 9 heteroatoms. The third kappa shape index (κ3) is 4.00. The number of methoxy groups -OCH3 is 1. The van der Waals surface area contributed by atoms with Crippen LogP contribution >= 0.6 is 11.6 Å². The van der Waals surface area contributed by atoms with Gasteiger partial charge in [-0.15, -0.1) is 0 Å². The number of halogens is 4. The van der Waals surface area contributed by atoms with Crippen LogP contribution in [0, 0.1) is 6.92 Å². The third-order valence-electron chi connectivity index (χ3n) is 4.72. The summed E-state index contributed by atoms with van der Waals surface area (Å²) in [7, 11) is 1.55. The average molecular weight is 426 g/mol. The van der Waals surface area contributed by atoms with Crippen LogP contribution in [0.5, 0.6) is 0 Å². The number of aryl methyl sites for hydroxylation is 1. The number of nitrogens with zero attached hydrogens (tertiary/aromatic N) is 3. The van der Waals surface area contributed by atoms with Gasteiger partial charge in [-0.2, -0.15) is 13.2 Å². The van der Waals surface area contributed by atoms with E-state index in [0.717, 1.165) is 12.1 Å². The van der Waals surface area contributed by atoms with Crippen LogP contribution in [0.2, 0.25) is 5.02 Å². The molecule has 0 saturated heterocycles. The molecule has 2 heterocycles. The van der Waals surface area contributed by atoms with Crippen molar-refractivity contribution in [3.63, 3.8) is 0 Å². The zero-order valence-electron chi connectivity index (χ0n) is 16.0. The van der Waals surface area contributed by atoms with E-state index in [2.05, 4.69) is 9.97 Å². The molecule has 0 spiro atoms. The van der Waals surface area contributed by atoms with Crippen molar-refractivity contribution < 1.29 is 17.9 Å². The highest BCUT2D eigenvalue weighted by Gasteiger charge is 2.31. The Hall–Kier alpha value is -2.45. The van der Waals surface area contributed by atoms with Crippen LogP contribution in [-0.4, -0.2) is 28.3 Å². The minimum atomic E-state index is -4.49. The Balaban J connectivity index is 2.29. The van der Waals surface area contributed by atoms with Crippen LogP contribution in [0.25, 0.3) is 22.3 Å². The summed E-state index contributed by atoms with van der Waals surface area (Å²) in [6.07, 6.45) is -2.39. The van der Waals surface area contributed by atoms with Crippen molar-refractivity contribution in [2.45, 2.75) is 32.5 Å². The number of fused-ring (bicyclic) bond motifs is 1. The van der Waals surface area contributed by atoms with Gasteiger partial charge in [-0.1, -0.05) is 24.6 Å². The normalized spacial score (nSPS) is 13.1. The maximum Gasteiger partial charge on any atom is 0.416 e. The fourth-order valence-corrected chi connectivity index (χ4v) is 3.53. The summed E-state index contributed by atoms with van der Waals surface area (Å²) < 4.78 is 45.7. The minimum Gasteiger partial charge on any atom is -0.383 e. The number of hydrogen-bond donors (Lipinski definition) is 0. The van der Waals surface area contributed by atoms with Gasteiger partial charge in [-0.05, 0) is 31.5 Å². The number of ether oxygens (including phenoxy) is 1. The summed E-state index contributed by atoms with van der Waals surface area (Å²) in [5, 5.41) is -0.0616. The summed E-state index contributed by atoms with van der Waals surface area (Å²) in [4.78, 5) is 21.5. The Bertz CT molecular complexity index is 1110. The molecule has 0 aliphatic carbocycles. The fraction of sp³-hybridized carbons (Fsp3) is 0.350. The Morgan fingerprint density at radius 1 is 1.24 bits per heavy atom. The lowest BCUT2D eigenvalue weighted by Gasteiger charge is -2.20. The van der Waals surface area contributed by atoms with Gasteiger partial charge in [-0.25, -0.2) is 9.97 Å². The highest BCUT2D eigenvalue weighted by atomic mass is 35.5. The Labute approximate surface area is 170 Å². The van der Waals surface area contributed by atoms with Gasteiger partial charge >= 0.3 is 6.18 Å². The Kier molecular flexibility index (Phi) is 5.95. The molecule has 3 rings (SSSR count). The molecular formula is C20H19ClF3N3O2. The molecular weight excluding hydrogens is 407 g/mol. The van der Waals surface area contributed by atoms with Crippen molar-refractivity contribution in [2.24, 2.45) is 0 Å². The molecule has 29 heavy (non-hydrogen) atoms. The predicted octanol–water partition coefficient (Wildman–Crippen LogP) is 5.04. The van der Waals surface area contributed by atoms with E-state index in [-0.39, 0.29) is 22.3 Å². The molecule has 0 aliphatic rings. The van der Waals surface area contributed by atoms with E-state index in [1.54, 1.807) is 20.1 Å².